The van der Waals surface area contributed by atoms with E-state index in [0.717, 1.165) is 29.4 Å². The van der Waals surface area contributed by atoms with E-state index in [2.05, 4.69) is 5.32 Å². The number of nitrogens with one attached hydrogen (secondary N) is 1. The second-order valence-corrected chi connectivity index (χ2v) is 12.2. The van der Waals surface area contributed by atoms with E-state index in [4.69, 9.17) is 4.74 Å². The lowest BCUT2D eigenvalue weighted by molar-refractivity contribution is -0.141. The topological polar surface area (TPSA) is 96.0 Å². The van der Waals surface area contributed by atoms with Gasteiger partial charge in [0.2, 0.25) is 21.8 Å². The number of ether oxygens (including phenoxy) is 1. The average Bonchev–Trinajstić information content (AvgIpc) is 2.97. The summed E-state index contributed by atoms with van der Waals surface area (Å²) in [5, 5.41) is 2.99. The number of benzene rings is 3. The minimum absolute atomic E-state index is 0.0846. The Morgan fingerprint density at radius 2 is 1.60 bits per heavy atom. The molecule has 3 rings (SSSR count). The van der Waals surface area contributed by atoms with Crippen molar-refractivity contribution in [1.29, 1.82) is 0 Å². The second-order valence-electron chi connectivity index (χ2n) is 10.3. The van der Waals surface area contributed by atoms with Crippen LogP contribution in [0.1, 0.15) is 49.8 Å². The minimum atomic E-state index is -3.59. The van der Waals surface area contributed by atoms with E-state index in [9.17, 15) is 18.0 Å². The molecule has 226 valence electrons. The van der Waals surface area contributed by atoms with Gasteiger partial charge in [-0.15, -0.1) is 0 Å². The molecule has 9 heteroatoms. The van der Waals surface area contributed by atoms with Gasteiger partial charge in [0.1, 0.15) is 11.8 Å². The molecule has 0 saturated heterocycles. The van der Waals surface area contributed by atoms with Crippen LogP contribution in [0.3, 0.4) is 0 Å². The van der Waals surface area contributed by atoms with E-state index in [1.165, 1.54) is 4.31 Å². The van der Waals surface area contributed by atoms with Crippen LogP contribution in [0.2, 0.25) is 0 Å². The van der Waals surface area contributed by atoms with E-state index in [1.807, 2.05) is 75.4 Å². The largest absolute Gasteiger partial charge is 0.494 e. The van der Waals surface area contributed by atoms with Gasteiger partial charge in [-0.05, 0) is 67.6 Å². The number of amides is 2. The van der Waals surface area contributed by atoms with Gasteiger partial charge < -0.3 is 15.0 Å². The molecule has 0 saturated carbocycles. The highest BCUT2D eigenvalue weighted by atomic mass is 32.2. The minimum Gasteiger partial charge on any atom is -0.494 e. The Balaban J connectivity index is 1.85. The van der Waals surface area contributed by atoms with Gasteiger partial charge in [0.15, 0.2) is 0 Å². The summed E-state index contributed by atoms with van der Waals surface area (Å²) in [5.41, 5.74) is 3.45. The van der Waals surface area contributed by atoms with Crippen LogP contribution in [0, 0.1) is 6.92 Å². The van der Waals surface area contributed by atoms with Crippen LogP contribution in [-0.2, 0) is 32.6 Å². The number of hydrogen-bond acceptors (Lipinski definition) is 5. The Kier molecular flexibility index (Phi) is 12.4. The van der Waals surface area contributed by atoms with Crippen LogP contribution in [-0.4, -0.2) is 57.1 Å². The summed E-state index contributed by atoms with van der Waals surface area (Å²) in [5.74, 6) is 0.253. The van der Waals surface area contributed by atoms with Gasteiger partial charge in [-0.3, -0.25) is 13.9 Å². The van der Waals surface area contributed by atoms with Gasteiger partial charge in [0.05, 0.1) is 18.6 Å². The fourth-order valence-electron chi connectivity index (χ4n) is 4.77. The third-order valence-electron chi connectivity index (χ3n) is 7.01. The Labute approximate surface area is 250 Å². The molecule has 0 spiro atoms. The normalized spacial score (nSPS) is 11.9. The number of carbonyl (C=O) groups excluding carboxylic acids is 2. The number of anilines is 1. The van der Waals surface area contributed by atoms with Crippen LogP contribution in [0.25, 0.3) is 0 Å². The highest BCUT2D eigenvalue weighted by Gasteiger charge is 2.30. The van der Waals surface area contributed by atoms with Gasteiger partial charge in [-0.1, -0.05) is 61.5 Å². The summed E-state index contributed by atoms with van der Waals surface area (Å²) < 4.78 is 32.1. The molecule has 0 fully saturated rings. The Hall–Kier alpha value is -3.85. The van der Waals surface area contributed by atoms with E-state index < -0.39 is 16.1 Å². The molecule has 0 aliphatic heterocycles. The molecular formula is C33H43N3O5S. The first-order chi connectivity index (χ1) is 20.1. The van der Waals surface area contributed by atoms with Gasteiger partial charge in [0, 0.05) is 32.5 Å². The number of rotatable bonds is 16. The molecule has 2 amide bonds. The molecule has 8 nitrogen and oxygen atoms in total. The molecule has 0 aliphatic carbocycles. The Bertz CT molecular complexity index is 1390. The van der Waals surface area contributed by atoms with Crippen LogP contribution >= 0.6 is 0 Å². The average molecular weight is 594 g/mol. The van der Waals surface area contributed by atoms with Gasteiger partial charge >= 0.3 is 0 Å². The molecule has 1 atom stereocenters. The highest BCUT2D eigenvalue weighted by Crippen LogP contribution is 2.23. The maximum Gasteiger partial charge on any atom is 0.243 e. The summed E-state index contributed by atoms with van der Waals surface area (Å²) in [6.07, 6.45) is 2.68. The quantitative estimate of drug-likeness (QED) is 0.249. The Morgan fingerprint density at radius 1 is 0.929 bits per heavy atom. The standard InChI is InChI=1S/C33H43N3O5S/c1-5-22-34-33(38)31(24-27-14-8-7-9-15-27)35(25-28-16-11-10-13-26(28)3)32(37)17-12-23-36(42(4,39)40)29-18-20-30(21-19-29)41-6-2/h7-11,13-16,18-21,31H,5-6,12,17,22-25H2,1-4H3,(H,34,38). The van der Waals surface area contributed by atoms with E-state index in [1.54, 1.807) is 29.2 Å². The molecule has 3 aromatic carbocycles. The molecule has 1 N–H and O–H groups in total. The Morgan fingerprint density at radius 3 is 2.21 bits per heavy atom. The maximum atomic E-state index is 13.9. The summed E-state index contributed by atoms with van der Waals surface area (Å²) in [4.78, 5) is 29.1. The van der Waals surface area contributed by atoms with Crippen molar-refractivity contribution in [3.63, 3.8) is 0 Å². The van der Waals surface area contributed by atoms with E-state index >= 15 is 0 Å². The molecular weight excluding hydrogens is 550 g/mol. The maximum absolute atomic E-state index is 13.9. The summed E-state index contributed by atoms with van der Waals surface area (Å²) in [6, 6.07) is 23.6. The number of sulfonamides is 1. The zero-order valence-electron chi connectivity index (χ0n) is 25.1. The predicted molar refractivity (Wildman–Crippen MR) is 168 cm³/mol. The molecule has 0 aliphatic rings. The molecule has 0 bridgehead atoms. The summed E-state index contributed by atoms with van der Waals surface area (Å²) >= 11 is 0. The van der Waals surface area contributed by atoms with Crippen molar-refractivity contribution in [2.75, 3.05) is 30.3 Å². The lowest BCUT2D eigenvalue weighted by Gasteiger charge is -2.32. The van der Waals surface area contributed by atoms with Crippen LogP contribution in [0.4, 0.5) is 5.69 Å². The van der Waals surface area contributed by atoms with Crippen molar-refractivity contribution in [3.05, 3.63) is 95.6 Å². The van der Waals surface area contributed by atoms with Crippen molar-refractivity contribution >= 4 is 27.5 Å². The van der Waals surface area contributed by atoms with E-state index in [0.29, 0.717) is 31.0 Å². The second kappa shape index (κ2) is 16.0. The van der Waals surface area contributed by atoms with Crippen LogP contribution in [0.15, 0.2) is 78.9 Å². The van der Waals surface area contributed by atoms with Crippen molar-refractivity contribution in [3.8, 4) is 5.75 Å². The first-order valence-corrected chi connectivity index (χ1v) is 16.3. The van der Waals surface area contributed by atoms with Crippen LogP contribution < -0.4 is 14.4 Å². The zero-order chi connectivity index (χ0) is 30.5. The van der Waals surface area contributed by atoms with Crippen molar-refractivity contribution in [2.45, 2.75) is 59.0 Å². The van der Waals surface area contributed by atoms with Gasteiger partial charge in [-0.2, -0.15) is 0 Å². The molecule has 0 radical (unpaired) electrons. The number of nitrogens with zero attached hydrogens (tertiary/aromatic N) is 2. The number of hydrogen-bond donors (Lipinski definition) is 1. The van der Waals surface area contributed by atoms with Gasteiger partial charge in [0.25, 0.3) is 0 Å². The fourth-order valence-corrected chi connectivity index (χ4v) is 5.74. The highest BCUT2D eigenvalue weighted by molar-refractivity contribution is 7.92. The van der Waals surface area contributed by atoms with Crippen LogP contribution in [0.5, 0.6) is 5.75 Å². The zero-order valence-corrected chi connectivity index (χ0v) is 25.9. The molecule has 3 aromatic rings. The fraction of sp³-hybridized carbons (Fsp3) is 0.394. The predicted octanol–water partition coefficient (Wildman–Crippen LogP) is 5.11. The third-order valence-corrected chi connectivity index (χ3v) is 8.20. The van der Waals surface area contributed by atoms with Crippen molar-refractivity contribution < 1.29 is 22.7 Å². The summed E-state index contributed by atoms with van der Waals surface area (Å²) in [7, 11) is -3.59. The monoisotopic (exact) mass is 593 g/mol. The van der Waals surface area contributed by atoms with Crippen molar-refractivity contribution in [2.24, 2.45) is 0 Å². The SMILES string of the molecule is CCCNC(=O)C(Cc1ccccc1)N(Cc1ccccc1C)C(=O)CCCN(c1ccc(OCC)cc1)S(C)(=O)=O. The molecule has 1 unspecified atom stereocenters. The lowest BCUT2D eigenvalue weighted by atomic mass is 10.0. The number of carbonyl (C=O) groups is 2. The van der Waals surface area contributed by atoms with Gasteiger partial charge in [-0.25, -0.2) is 8.42 Å². The first-order valence-electron chi connectivity index (χ1n) is 14.5. The lowest BCUT2D eigenvalue weighted by Crippen LogP contribution is -2.50. The molecule has 0 heterocycles. The third kappa shape index (κ3) is 9.62. The van der Waals surface area contributed by atoms with E-state index in [-0.39, 0.29) is 37.7 Å². The number of aryl methyl sites for hydroxylation is 1. The first kappa shape index (κ1) is 32.7. The molecule has 0 aromatic heterocycles. The summed E-state index contributed by atoms with van der Waals surface area (Å²) in [6.45, 7) is 7.29. The smallest absolute Gasteiger partial charge is 0.243 e. The van der Waals surface area contributed by atoms with Crippen molar-refractivity contribution in [1.82, 2.24) is 10.2 Å². The molecule has 42 heavy (non-hydrogen) atoms.